The van der Waals surface area contributed by atoms with E-state index in [4.69, 9.17) is 0 Å². The highest BCUT2D eigenvalue weighted by Gasteiger charge is 2.23. The topological polar surface area (TPSA) is 41.1 Å². The Morgan fingerprint density at radius 2 is 2.29 bits per heavy atom. The molecule has 92 valence electrons. The van der Waals surface area contributed by atoms with Crippen molar-refractivity contribution in [3.8, 4) is 0 Å². The molecule has 0 bridgehead atoms. The van der Waals surface area contributed by atoms with Crippen LogP contribution in [0.25, 0.3) is 0 Å². The lowest BCUT2D eigenvalue weighted by atomic mass is 10.1. The number of carbonyl (C=O) groups is 1. The van der Waals surface area contributed by atoms with Crippen LogP contribution in [0.2, 0.25) is 0 Å². The number of carbonyl (C=O) groups excluding carboxylic acids is 1. The summed E-state index contributed by atoms with van der Waals surface area (Å²) in [5, 5.41) is 6.25. The maximum absolute atomic E-state index is 12.0. The Balaban J connectivity index is 1.99. The van der Waals surface area contributed by atoms with Crippen LogP contribution in [-0.4, -0.2) is 18.5 Å². The summed E-state index contributed by atoms with van der Waals surface area (Å²) in [5.41, 5.74) is 1.11. The first-order chi connectivity index (χ1) is 8.18. The largest absolute Gasteiger partial charge is 0.348 e. The molecule has 17 heavy (non-hydrogen) atoms. The van der Waals surface area contributed by atoms with Crippen molar-refractivity contribution in [1.29, 1.82) is 0 Å². The van der Waals surface area contributed by atoms with Gasteiger partial charge in [-0.3, -0.25) is 4.79 Å². The third-order valence-corrected chi connectivity index (χ3v) is 3.83. The summed E-state index contributed by atoms with van der Waals surface area (Å²) in [4.78, 5) is 12.0. The number of rotatable bonds is 3. The molecule has 1 aliphatic heterocycles. The third kappa shape index (κ3) is 3.07. The Kier molecular flexibility index (Phi) is 4.18. The van der Waals surface area contributed by atoms with Crippen molar-refractivity contribution in [2.45, 2.75) is 31.8 Å². The molecule has 0 aliphatic carbocycles. The van der Waals surface area contributed by atoms with Gasteiger partial charge in [0.05, 0.1) is 12.1 Å². The number of hydrogen-bond donors (Lipinski definition) is 2. The molecule has 0 radical (unpaired) electrons. The summed E-state index contributed by atoms with van der Waals surface area (Å²) in [6.07, 6.45) is 2.02. The second-order valence-electron chi connectivity index (χ2n) is 4.40. The summed E-state index contributed by atoms with van der Waals surface area (Å²) in [6.45, 7) is 2.95. The van der Waals surface area contributed by atoms with E-state index in [1.807, 2.05) is 31.2 Å². The van der Waals surface area contributed by atoms with Crippen LogP contribution in [0, 0.1) is 0 Å². The molecule has 1 fully saturated rings. The highest BCUT2D eigenvalue weighted by Crippen LogP contribution is 2.22. The molecule has 3 nitrogen and oxygen atoms in total. The molecule has 2 atom stereocenters. The van der Waals surface area contributed by atoms with Crippen molar-refractivity contribution in [2.24, 2.45) is 0 Å². The van der Waals surface area contributed by atoms with E-state index in [2.05, 4.69) is 26.6 Å². The van der Waals surface area contributed by atoms with Crippen LogP contribution in [0.1, 0.15) is 31.4 Å². The number of hydrogen-bond acceptors (Lipinski definition) is 2. The molecule has 2 rings (SSSR count). The van der Waals surface area contributed by atoms with Crippen molar-refractivity contribution in [2.75, 3.05) is 6.54 Å². The molecule has 1 heterocycles. The van der Waals surface area contributed by atoms with Gasteiger partial charge in [-0.05, 0) is 37.9 Å². The molecule has 1 saturated heterocycles. The fourth-order valence-corrected chi connectivity index (χ4v) is 2.75. The predicted molar refractivity (Wildman–Crippen MR) is 71.7 cm³/mol. The maximum Gasteiger partial charge on any atom is 0.237 e. The van der Waals surface area contributed by atoms with Crippen LogP contribution in [0.4, 0.5) is 0 Å². The molecule has 1 aromatic rings. The Hall–Kier alpha value is -0.870. The molecule has 1 amide bonds. The van der Waals surface area contributed by atoms with E-state index in [0.717, 1.165) is 29.4 Å². The molecular formula is C13H17BrN2O. The molecule has 0 unspecified atom stereocenters. The van der Waals surface area contributed by atoms with Crippen LogP contribution in [-0.2, 0) is 4.79 Å². The van der Waals surface area contributed by atoms with Gasteiger partial charge in [-0.15, -0.1) is 0 Å². The van der Waals surface area contributed by atoms with Gasteiger partial charge in [0, 0.05) is 4.47 Å². The van der Waals surface area contributed by atoms with Crippen molar-refractivity contribution < 1.29 is 4.79 Å². The summed E-state index contributed by atoms with van der Waals surface area (Å²) in [6, 6.07) is 7.99. The standard InChI is InChI=1S/C13H17BrN2O/c1-9(10-5-2-3-6-11(10)14)16-13(17)12-7-4-8-15-12/h2-3,5-6,9,12,15H,4,7-8H2,1H3,(H,16,17)/t9-,12-/m0/s1. The van der Waals surface area contributed by atoms with Crippen LogP contribution in [0.15, 0.2) is 28.7 Å². The number of amides is 1. The van der Waals surface area contributed by atoms with Gasteiger partial charge in [-0.2, -0.15) is 0 Å². The first-order valence-corrected chi connectivity index (χ1v) is 6.76. The second-order valence-corrected chi connectivity index (χ2v) is 5.26. The highest BCUT2D eigenvalue weighted by molar-refractivity contribution is 9.10. The Labute approximate surface area is 110 Å². The molecule has 0 aromatic heterocycles. The van der Waals surface area contributed by atoms with Gasteiger partial charge in [0.15, 0.2) is 0 Å². The smallest absolute Gasteiger partial charge is 0.237 e. The third-order valence-electron chi connectivity index (χ3n) is 3.11. The van der Waals surface area contributed by atoms with Gasteiger partial charge < -0.3 is 10.6 Å². The SMILES string of the molecule is C[C@H](NC(=O)[C@@H]1CCCN1)c1ccccc1Br. The Morgan fingerprint density at radius 1 is 1.53 bits per heavy atom. The van der Waals surface area contributed by atoms with E-state index in [1.165, 1.54) is 0 Å². The normalized spacial score (nSPS) is 21.2. The zero-order valence-electron chi connectivity index (χ0n) is 9.87. The molecule has 4 heteroatoms. The molecule has 1 aromatic carbocycles. The van der Waals surface area contributed by atoms with Crippen LogP contribution in [0.3, 0.4) is 0 Å². The maximum atomic E-state index is 12.0. The van der Waals surface area contributed by atoms with E-state index in [1.54, 1.807) is 0 Å². The first kappa shape index (κ1) is 12.6. The van der Waals surface area contributed by atoms with Crippen LogP contribution >= 0.6 is 15.9 Å². The van der Waals surface area contributed by atoms with Crippen molar-refractivity contribution in [3.63, 3.8) is 0 Å². The van der Waals surface area contributed by atoms with Gasteiger partial charge in [-0.1, -0.05) is 34.1 Å². The second kappa shape index (κ2) is 5.65. The zero-order valence-corrected chi connectivity index (χ0v) is 11.5. The molecule has 1 aliphatic rings. The lowest BCUT2D eigenvalue weighted by Crippen LogP contribution is -2.41. The van der Waals surface area contributed by atoms with E-state index in [-0.39, 0.29) is 18.0 Å². The average Bonchev–Trinajstić information content (AvgIpc) is 2.82. The molecule has 2 N–H and O–H groups in total. The Bertz CT molecular complexity index is 402. The van der Waals surface area contributed by atoms with Crippen LogP contribution < -0.4 is 10.6 Å². The van der Waals surface area contributed by atoms with Crippen LogP contribution in [0.5, 0.6) is 0 Å². The van der Waals surface area contributed by atoms with E-state index in [9.17, 15) is 4.79 Å². The van der Waals surface area contributed by atoms with Crippen molar-refractivity contribution in [3.05, 3.63) is 34.3 Å². The monoisotopic (exact) mass is 296 g/mol. The quantitative estimate of drug-likeness (QED) is 0.899. The minimum atomic E-state index is -0.0139. The van der Waals surface area contributed by atoms with E-state index < -0.39 is 0 Å². The number of halogens is 1. The van der Waals surface area contributed by atoms with Crippen molar-refractivity contribution >= 4 is 21.8 Å². The fourth-order valence-electron chi connectivity index (χ4n) is 2.13. The summed E-state index contributed by atoms with van der Waals surface area (Å²) < 4.78 is 1.03. The van der Waals surface area contributed by atoms with Gasteiger partial charge in [-0.25, -0.2) is 0 Å². The number of nitrogens with one attached hydrogen (secondary N) is 2. The minimum Gasteiger partial charge on any atom is -0.348 e. The van der Waals surface area contributed by atoms with Gasteiger partial charge in [0.1, 0.15) is 0 Å². The Morgan fingerprint density at radius 3 is 2.94 bits per heavy atom. The summed E-state index contributed by atoms with van der Waals surface area (Å²) in [7, 11) is 0. The molecule has 0 spiro atoms. The first-order valence-electron chi connectivity index (χ1n) is 5.96. The minimum absolute atomic E-state index is 0.0139. The van der Waals surface area contributed by atoms with Crippen molar-refractivity contribution in [1.82, 2.24) is 10.6 Å². The lowest BCUT2D eigenvalue weighted by molar-refractivity contribution is -0.123. The van der Waals surface area contributed by atoms with E-state index >= 15 is 0 Å². The van der Waals surface area contributed by atoms with Gasteiger partial charge in [0.25, 0.3) is 0 Å². The molecule has 0 saturated carbocycles. The summed E-state index contributed by atoms with van der Waals surface area (Å²) >= 11 is 3.50. The van der Waals surface area contributed by atoms with Gasteiger partial charge >= 0.3 is 0 Å². The van der Waals surface area contributed by atoms with E-state index in [0.29, 0.717) is 0 Å². The summed E-state index contributed by atoms with van der Waals surface area (Å²) in [5.74, 6) is 0.103. The number of benzene rings is 1. The van der Waals surface area contributed by atoms with Gasteiger partial charge in [0.2, 0.25) is 5.91 Å². The predicted octanol–water partition coefficient (Wildman–Crippen LogP) is 2.38. The average molecular weight is 297 g/mol. The zero-order chi connectivity index (χ0) is 12.3. The molecular weight excluding hydrogens is 280 g/mol. The highest BCUT2D eigenvalue weighted by atomic mass is 79.9. The fraction of sp³-hybridized carbons (Fsp3) is 0.462. The lowest BCUT2D eigenvalue weighted by Gasteiger charge is -2.18.